The molecule has 0 spiro atoms. The molecule has 64 valence electrons. The van der Waals surface area contributed by atoms with Gasteiger partial charge in [0.05, 0.1) is 9.52 Å². The molecule has 1 unspecified atom stereocenters. The average molecular weight is 170 g/mol. The first-order chi connectivity index (χ1) is 5.27. The van der Waals surface area contributed by atoms with E-state index in [0.717, 1.165) is 6.61 Å². The molecule has 1 atom stereocenters. The predicted molar refractivity (Wildman–Crippen MR) is 51.8 cm³/mol. The van der Waals surface area contributed by atoms with Gasteiger partial charge in [-0.05, 0) is 32.2 Å². The molecule has 1 rings (SSSR count). The van der Waals surface area contributed by atoms with Crippen molar-refractivity contribution in [3.8, 4) is 0 Å². The van der Waals surface area contributed by atoms with Crippen LogP contribution in [-0.2, 0) is 4.74 Å². The fourth-order valence-corrected chi connectivity index (χ4v) is 3.20. The van der Waals surface area contributed by atoms with Gasteiger partial charge in [-0.1, -0.05) is 6.08 Å². The second-order valence-electron chi connectivity index (χ2n) is 3.58. The van der Waals surface area contributed by atoms with E-state index < -0.39 is 0 Å². The Kier molecular flexibility index (Phi) is 3.33. The van der Waals surface area contributed by atoms with Crippen molar-refractivity contribution < 1.29 is 4.74 Å². The number of ether oxygens (including phenoxy) is 1. The Morgan fingerprint density at radius 1 is 1.64 bits per heavy atom. The van der Waals surface area contributed by atoms with E-state index >= 15 is 0 Å². The van der Waals surface area contributed by atoms with Crippen LogP contribution in [0.2, 0.25) is 6.04 Å². The molecule has 1 aliphatic heterocycles. The highest BCUT2D eigenvalue weighted by molar-refractivity contribution is 6.40. The van der Waals surface area contributed by atoms with Crippen LogP contribution < -0.4 is 0 Å². The third-order valence-corrected chi connectivity index (χ3v) is 4.74. The highest BCUT2D eigenvalue weighted by Gasteiger charge is 2.26. The van der Waals surface area contributed by atoms with Crippen LogP contribution in [0.1, 0.15) is 26.2 Å². The molecule has 0 bridgehead atoms. The van der Waals surface area contributed by atoms with Crippen LogP contribution in [0, 0.1) is 0 Å². The van der Waals surface area contributed by atoms with Crippen molar-refractivity contribution in [3.63, 3.8) is 0 Å². The van der Waals surface area contributed by atoms with Gasteiger partial charge in [-0.2, -0.15) is 0 Å². The Hall–Kier alpha value is -0.0831. The third-order valence-electron chi connectivity index (χ3n) is 2.43. The van der Waals surface area contributed by atoms with E-state index in [-0.39, 0.29) is 9.52 Å². The molecule has 2 heteroatoms. The van der Waals surface area contributed by atoms with Crippen molar-refractivity contribution in [2.75, 3.05) is 6.61 Å². The topological polar surface area (TPSA) is 9.23 Å². The molecule has 1 aliphatic rings. The summed E-state index contributed by atoms with van der Waals surface area (Å²) < 4.78 is 5.78. The Bertz CT molecular complexity index is 128. The summed E-state index contributed by atoms with van der Waals surface area (Å²) in [5.74, 6) is 0. The largest absolute Gasteiger partial charge is 0.379 e. The maximum atomic E-state index is 5.78. The lowest BCUT2D eigenvalue weighted by atomic mass is 10.1. The molecule has 0 radical (unpaired) electrons. The standard InChI is InChI=1S/C9H18OSi/c1-3-8-11-9(2)6-4-5-7-10-9/h3H,1,4-8,11H2,2H3. The van der Waals surface area contributed by atoms with Crippen LogP contribution in [-0.4, -0.2) is 21.4 Å². The zero-order valence-electron chi connectivity index (χ0n) is 7.44. The van der Waals surface area contributed by atoms with E-state index in [4.69, 9.17) is 4.74 Å². The van der Waals surface area contributed by atoms with Gasteiger partial charge in [-0.25, -0.2) is 0 Å². The van der Waals surface area contributed by atoms with Gasteiger partial charge < -0.3 is 4.74 Å². The summed E-state index contributed by atoms with van der Waals surface area (Å²) in [6.45, 7) is 7.02. The molecule has 0 N–H and O–H groups in total. The number of hydrogen-bond donors (Lipinski definition) is 0. The Labute approximate surface area is 71.7 Å². The average Bonchev–Trinajstić information content (AvgIpc) is 2.03. The third kappa shape index (κ3) is 2.79. The van der Waals surface area contributed by atoms with E-state index in [1.807, 2.05) is 6.08 Å². The lowest BCUT2D eigenvalue weighted by Gasteiger charge is -2.33. The molecule has 0 aromatic rings. The minimum Gasteiger partial charge on any atom is -0.379 e. The SMILES string of the molecule is C=CC[SiH2]C1(C)CCCCO1. The van der Waals surface area contributed by atoms with Crippen molar-refractivity contribution in [2.24, 2.45) is 0 Å². The van der Waals surface area contributed by atoms with Gasteiger partial charge in [0.25, 0.3) is 0 Å². The highest BCUT2D eigenvalue weighted by Crippen LogP contribution is 2.23. The van der Waals surface area contributed by atoms with Gasteiger partial charge >= 0.3 is 0 Å². The zero-order chi connectivity index (χ0) is 8.16. The lowest BCUT2D eigenvalue weighted by Crippen LogP contribution is -2.38. The molecule has 0 aromatic heterocycles. The van der Waals surface area contributed by atoms with Crippen molar-refractivity contribution in [3.05, 3.63) is 12.7 Å². The summed E-state index contributed by atoms with van der Waals surface area (Å²) in [4.78, 5) is 0. The second kappa shape index (κ2) is 4.07. The van der Waals surface area contributed by atoms with Gasteiger partial charge in [0, 0.05) is 11.8 Å². The van der Waals surface area contributed by atoms with Gasteiger partial charge in [-0.3, -0.25) is 0 Å². The smallest absolute Gasteiger partial charge is 0.0629 e. The second-order valence-corrected chi connectivity index (χ2v) is 6.16. The Morgan fingerprint density at radius 3 is 3.00 bits per heavy atom. The monoisotopic (exact) mass is 170 g/mol. The van der Waals surface area contributed by atoms with Crippen molar-refractivity contribution in [2.45, 2.75) is 37.5 Å². The van der Waals surface area contributed by atoms with Crippen LogP contribution in [0.25, 0.3) is 0 Å². The number of hydrogen-bond acceptors (Lipinski definition) is 1. The summed E-state index contributed by atoms with van der Waals surface area (Å²) in [6, 6.07) is 1.22. The Balaban J connectivity index is 2.30. The molecule has 1 nitrogen and oxygen atoms in total. The molecule has 1 saturated heterocycles. The molecule has 0 aliphatic carbocycles. The fourth-order valence-electron chi connectivity index (χ4n) is 1.60. The summed E-state index contributed by atoms with van der Waals surface area (Å²) in [5, 5.41) is 0.298. The minimum absolute atomic E-state index is 0.0712. The molecule has 0 amide bonds. The maximum absolute atomic E-state index is 5.78. The predicted octanol–water partition coefficient (Wildman–Crippen LogP) is 1.68. The molecule has 0 aromatic carbocycles. The summed E-state index contributed by atoms with van der Waals surface area (Å²) in [7, 11) is -0.0712. The van der Waals surface area contributed by atoms with E-state index in [1.165, 1.54) is 25.3 Å². The van der Waals surface area contributed by atoms with Gasteiger partial charge in [0.2, 0.25) is 0 Å². The minimum atomic E-state index is -0.0712. The van der Waals surface area contributed by atoms with Crippen molar-refractivity contribution in [1.82, 2.24) is 0 Å². The molecule has 1 heterocycles. The Morgan fingerprint density at radius 2 is 2.45 bits per heavy atom. The van der Waals surface area contributed by atoms with Crippen LogP contribution in [0.5, 0.6) is 0 Å². The lowest BCUT2D eigenvalue weighted by molar-refractivity contribution is -0.00708. The molecular formula is C9H18OSi. The molecule has 11 heavy (non-hydrogen) atoms. The van der Waals surface area contributed by atoms with Crippen LogP contribution >= 0.6 is 0 Å². The summed E-state index contributed by atoms with van der Waals surface area (Å²) in [5.41, 5.74) is 0. The molecule has 1 fully saturated rings. The van der Waals surface area contributed by atoms with E-state index in [1.54, 1.807) is 0 Å². The van der Waals surface area contributed by atoms with E-state index in [0.29, 0.717) is 5.22 Å². The van der Waals surface area contributed by atoms with Gasteiger partial charge in [0.15, 0.2) is 0 Å². The quantitative estimate of drug-likeness (QED) is 0.462. The fraction of sp³-hybridized carbons (Fsp3) is 0.778. The molecular weight excluding hydrogens is 152 g/mol. The highest BCUT2D eigenvalue weighted by atomic mass is 28.2. The van der Waals surface area contributed by atoms with Crippen LogP contribution in [0.15, 0.2) is 12.7 Å². The number of allylic oxidation sites excluding steroid dienone is 1. The van der Waals surface area contributed by atoms with Gasteiger partial charge in [0.1, 0.15) is 0 Å². The van der Waals surface area contributed by atoms with Crippen LogP contribution in [0.3, 0.4) is 0 Å². The maximum Gasteiger partial charge on any atom is 0.0629 e. The zero-order valence-corrected chi connectivity index (χ0v) is 8.85. The van der Waals surface area contributed by atoms with E-state index in [9.17, 15) is 0 Å². The first kappa shape index (κ1) is 9.01. The van der Waals surface area contributed by atoms with Gasteiger partial charge in [-0.15, -0.1) is 6.58 Å². The van der Waals surface area contributed by atoms with Crippen molar-refractivity contribution >= 4 is 9.52 Å². The first-order valence-electron chi connectivity index (χ1n) is 4.52. The summed E-state index contributed by atoms with van der Waals surface area (Å²) >= 11 is 0. The van der Waals surface area contributed by atoms with Crippen LogP contribution in [0.4, 0.5) is 0 Å². The summed E-state index contributed by atoms with van der Waals surface area (Å²) in [6.07, 6.45) is 5.95. The number of rotatable bonds is 3. The van der Waals surface area contributed by atoms with E-state index in [2.05, 4.69) is 13.5 Å². The van der Waals surface area contributed by atoms with Crippen molar-refractivity contribution in [1.29, 1.82) is 0 Å². The molecule has 0 saturated carbocycles. The normalized spacial score (nSPS) is 32.8. The first-order valence-corrected chi connectivity index (χ1v) is 6.22.